The van der Waals surface area contributed by atoms with Gasteiger partial charge in [-0.1, -0.05) is 18.2 Å². The molecule has 4 rings (SSSR count). The first-order chi connectivity index (χ1) is 13.8. The molecule has 6 nitrogen and oxygen atoms in total. The molecule has 1 saturated heterocycles. The zero-order chi connectivity index (χ0) is 19.2. The molecule has 3 heterocycles. The number of nitrogens with zero attached hydrogens (tertiary/aromatic N) is 1. The molecule has 1 fully saturated rings. The van der Waals surface area contributed by atoms with Crippen LogP contribution in [0.2, 0.25) is 0 Å². The lowest BCUT2D eigenvalue weighted by molar-refractivity contribution is 0.187. The monoisotopic (exact) mass is 511 g/mol. The second-order valence-corrected chi connectivity index (χ2v) is 7.56. The summed E-state index contributed by atoms with van der Waals surface area (Å²) in [6.07, 6.45) is 3.62. The van der Waals surface area contributed by atoms with Crippen LogP contribution in [-0.4, -0.2) is 44.9 Å². The summed E-state index contributed by atoms with van der Waals surface area (Å²) < 4.78 is 16.8. The van der Waals surface area contributed by atoms with Crippen LogP contribution in [-0.2, 0) is 11.2 Å². The molecule has 2 aliphatic heterocycles. The fourth-order valence-electron chi connectivity index (χ4n) is 3.78. The molecule has 1 aromatic carbocycles. The Balaban J connectivity index is 0.00000240. The van der Waals surface area contributed by atoms with Crippen molar-refractivity contribution in [2.24, 2.45) is 10.9 Å². The Kier molecular flexibility index (Phi) is 8.23. The maximum absolute atomic E-state index is 5.86. The predicted octanol–water partition coefficient (Wildman–Crippen LogP) is 3.58. The van der Waals surface area contributed by atoms with Crippen molar-refractivity contribution >= 4 is 29.9 Å². The van der Waals surface area contributed by atoms with Gasteiger partial charge in [-0.05, 0) is 31.5 Å². The summed E-state index contributed by atoms with van der Waals surface area (Å²) in [4.78, 5) is 4.83. The number of rotatable bonds is 7. The van der Waals surface area contributed by atoms with Gasteiger partial charge >= 0.3 is 0 Å². The topological polar surface area (TPSA) is 68.0 Å². The number of aliphatic imine (C=N–C) groups is 1. The lowest BCUT2D eigenvalue weighted by Gasteiger charge is -2.23. The Labute approximate surface area is 189 Å². The highest BCUT2D eigenvalue weighted by Gasteiger charge is 2.29. The van der Waals surface area contributed by atoms with E-state index in [0.717, 1.165) is 56.6 Å². The maximum atomic E-state index is 5.86. The predicted molar refractivity (Wildman–Crippen MR) is 124 cm³/mol. The van der Waals surface area contributed by atoms with Gasteiger partial charge in [0, 0.05) is 49.6 Å². The van der Waals surface area contributed by atoms with Crippen LogP contribution in [0.3, 0.4) is 0 Å². The molecule has 3 unspecified atom stereocenters. The van der Waals surface area contributed by atoms with Gasteiger partial charge in [0.15, 0.2) is 5.96 Å². The van der Waals surface area contributed by atoms with Crippen molar-refractivity contribution in [2.75, 3.05) is 32.9 Å². The summed E-state index contributed by atoms with van der Waals surface area (Å²) in [7, 11) is 0. The van der Waals surface area contributed by atoms with Gasteiger partial charge in [-0.3, -0.25) is 4.99 Å². The first-order valence-corrected chi connectivity index (χ1v) is 10.2. The molecule has 1 aromatic heterocycles. The number of para-hydroxylation sites is 1. The van der Waals surface area contributed by atoms with E-state index in [2.05, 4.69) is 29.7 Å². The van der Waals surface area contributed by atoms with E-state index in [1.54, 1.807) is 6.26 Å². The van der Waals surface area contributed by atoms with E-state index in [0.29, 0.717) is 18.4 Å². The highest BCUT2D eigenvalue weighted by molar-refractivity contribution is 14.0. The minimum atomic E-state index is 0. The van der Waals surface area contributed by atoms with Crippen LogP contribution in [0, 0.1) is 5.92 Å². The smallest absolute Gasteiger partial charge is 0.191 e. The van der Waals surface area contributed by atoms with Gasteiger partial charge in [0.1, 0.15) is 11.5 Å². The summed E-state index contributed by atoms with van der Waals surface area (Å²) in [6.45, 7) is 6.10. The van der Waals surface area contributed by atoms with Crippen molar-refractivity contribution in [3.05, 3.63) is 54.0 Å². The summed E-state index contributed by atoms with van der Waals surface area (Å²) in [5, 5.41) is 7.05. The lowest BCUT2D eigenvalue weighted by Crippen LogP contribution is -2.45. The molecule has 0 aliphatic carbocycles. The van der Waals surface area contributed by atoms with Crippen molar-refractivity contribution in [3.8, 4) is 5.75 Å². The van der Waals surface area contributed by atoms with Crippen LogP contribution in [0.25, 0.3) is 0 Å². The SMILES string of the molecule is CC(NC(=NCC1CCOC1)NCCc1ccco1)C1COc2ccccc21.I. The van der Waals surface area contributed by atoms with Gasteiger partial charge in [-0.2, -0.15) is 0 Å². The van der Waals surface area contributed by atoms with Crippen LogP contribution < -0.4 is 15.4 Å². The molecular weight excluding hydrogens is 481 g/mol. The second-order valence-electron chi connectivity index (χ2n) is 7.56. The van der Waals surface area contributed by atoms with Crippen molar-refractivity contribution in [1.29, 1.82) is 0 Å². The fraction of sp³-hybridized carbons (Fsp3) is 0.500. The van der Waals surface area contributed by atoms with Crippen molar-refractivity contribution in [3.63, 3.8) is 0 Å². The van der Waals surface area contributed by atoms with Gasteiger partial charge in [-0.25, -0.2) is 0 Å². The molecule has 0 saturated carbocycles. The minimum Gasteiger partial charge on any atom is -0.493 e. The van der Waals surface area contributed by atoms with E-state index in [9.17, 15) is 0 Å². The molecule has 0 spiro atoms. The third-order valence-corrected chi connectivity index (χ3v) is 5.48. The second kappa shape index (κ2) is 10.9. The van der Waals surface area contributed by atoms with Gasteiger partial charge in [-0.15, -0.1) is 24.0 Å². The Morgan fingerprint density at radius 3 is 2.90 bits per heavy atom. The summed E-state index contributed by atoms with van der Waals surface area (Å²) in [5.41, 5.74) is 1.27. The highest BCUT2D eigenvalue weighted by Crippen LogP contribution is 2.35. The summed E-state index contributed by atoms with van der Waals surface area (Å²) >= 11 is 0. The lowest BCUT2D eigenvalue weighted by atomic mass is 9.94. The van der Waals surface area contributed by atoms with Crippen LogP contribution in [0.4, 0.5) is 0 Å². The Bertz CT molecular complexity index is 775. The number of nitrogens with one attached hydrogen (secondary N) is 2. The molecule has 0 radical (unpaired) electrons. The van der Waals surface area contributed by atoms with E-state index in [4.69, 9.17) is 18.9 Å². The normalized spacial score (nSPS) is 21.8. The van der Waals surface area contributed by atoms with E-state index in [1.807, 2.05) is 24.3 Å². The number of hydrogen-bond acceptors (Lipinski definition) is 4. The zero-order valence-corrected chi connectivity index (χ0v) is 19.1. The summed E-state index contributed by atoms with van der Waals surface area (Å²) in [6, 6.07) is 12.4. The quantitative estimate of drug-likeness (QED) is 0.338. The van der Waals surface area contributed by atoms with Crippen LogP contribution in [0.15, 0.2) is 52.1 Å². The van der Waals surface area contributed by atoms with E-state index >= 15 is 0 Å². The van der Waals surface area contributed by atoms with Gasteiger partial charge < -0.3 is 24.5 Å². The number of halogens is 1. The molecule has 0 amide bonds. The largest absolute Gasteiger partial charge is 0.493 e. The molecule has 7 heteroatoms. The first kappa shape index (κ1) is 22.0. The molecular formula is C22H30IN3O3. The van der Waals surface area contributed by atoms with Crippen LogP contribution in [0.1, 0.15) is 30.6 Å². The fourth-order valence-corrected chi connectivity index (χ4v) is 3.78. The highest BCUT2D eigenvalue weighted by atomic mass is 127. The molecule has 2 N–H and O–H groups in total. The average Bonchev–Trinajstić information content (AvgIpc) is 3.47. The standard InChI is InChI=1S/C22H29N3O3.HI/c1-16(20-15-28-21-7-3-2-6-19(20)21)25-22(24-13-17-9-12-26-14-17)23-10-8-18-5-4-11-27-18;/h2-7,11,16-17,20H,8-10,12-15H2,1H3,(H2,23,24,25);1H. The number of fused-ring (bicyclic) bond motifs is 1. The van der Waals surface area contributed by atoms with Gasteiger partial charge in [0.2, 0.25) is 0 Å². The number of ether oxygens (including phenoxy) is 2. The number of benzene rings is 1. The van der Waals surface area contributed by atoms with Gasteiger partial charge in [0.05, 0.1) is 19.5 Å². The molecule has 29 heavy (non-hydrogen) atoms. The molecule has 2 aromatic rings. The van der Waals surface area contributed by atoms with E-state index in [-0.39, 0.29) is 30.0 Å². The average molecular weight is 511 g/mol. The van der Waals surface area contributed by atoms with E-state index in [1.165, 1.54) is 5.56 Å². The Morgan fingerprint density at radius 1 is 1.21 bits per heavy atom. The number of guanidine groups is 1. The van der Waals surface area contributed by atoms with Crippen molar-refractivity contribution in [1.82, 2.24) is 10.6 Å². The molecule has 158 valence electrons. The Hall–Kier alpha value is -1.74. The van der Waals surface area contributed by atoms with Crippen LogP contribution in [0.5, 0.6) is 5.75 Å². The molecule has 0 bridgehead atoms. The third kappa shape index (κ3) is 5.88. The Morgan fingerprint density at radius 2 is 2.10 bits per heavy atom. The van der Waals surface area contributed by atoms with E-state index < -0.39 is 0 Å². The third-order valence-electron chi connectivity index (χ3n) is 5.48. The van der Waals surface area contributed by atoms with Crippen molar-refractivity contribution < 1.29 is 13.9 Å². The molecule has 3 atom stereocenters. The number of furan rings is 1. The molecule has 2 aliphatic rings. The maximum Gasteiger partial charge on any atom is 0.191 e. The van der Waals surface area contributed by atoms with Crippen molar-refractivity contribution in [2.45, 2.75) is 31.7 Å². The zero-order valence-electron chi connectivity index (χ0n) is 16.8. The summed E-state index contributed by atoms with van der Waals surface area (Å²) in [5.74, 6) is 3.63. The minimum absolute atomic E-state index is 0. The number of hydrogen-bond donors (Lipinski definition) is 2. The first-order valence-electron chi connectivity index (χ1n) is 10.2. The van der Waals surface area contributed by atoms with Crippen LogP contribution >= 0.6 is 24.0 Å². The van der Waals surface area contributed by atoms with Gasteiger partial charge in [0.25, 0.3) is 0 Å².